The van der Waals surface area contributed by atoms with Crippen LogP contribution in [0.1, 0.15) is 149 Å². The van der Waals surface area contributed by atoms with Crippen LogP contribution in [0, 0.1) is 0 Å². The molecule has 10 nitrogen and oxygen atoms in total. The zero-order chi connectivity index (χ0) is 37.0. The molecule has 0 aromatic heterocycles. The van der Waals surface area contributed by atoms with E-state index in [1.54, 1.807) is 0 Å². The maximum atomic E-state index is 12.5. The second-order valence-electron chi connectivity index (χ2n) is 12.6. The molecule has 0 fully saturated rings. The number of carbonyl (C=O) groups excluding carboxylic acids is 2. The van der Waals surface area contributed by atoms with Gasteiger partial charge in [-0.1, -0.05) is 133 Å². The maximum Gasteiger partial charge on any atom is 0.472 e. The Morgan fingerprint density at radius 2 is 1.10 bits per heavy atom. The minimum absolute atomic E-state index is 0.176. The Kier molecular flexibility index (Phi) is 33.9. The smallest absolute Gasteiger partial charge is 0.462 e. The molecule has 3 N–H and O–H groups in total. The molecule has 11 heteroatoms. The van der Waals surface area contributed by atoms with Gasteiger partial charge in [-0.2, -0.15) is 0 Å². The van der Waals surface area contributed by atoms with Crippen LogP contribution in [0.15, 0.2) is 48.6 Å². The molecule has 0 aliphatic carbocycles. The van der Waals surface area contributed by atoms with Crippen LogP contribution < -0.4 is 0 Å². The fraction of sp³-hybridized carbons (Fsp3) is 0.744. The number of phosphoric ester groups is 1. The molecule has 0 saturated carbocycles. The van der Waals surface area contributed by atoms with Crippen LogP contribution in [0.3, 0.4) is 0 Å². The fourth-order valence-electron chi connectivity index (χ4n) is 4.81. The summed E-state index contributed by atoms with van der Waals surface area (Å²) in [5.74, 6) is -0.976. The Morgan fingerprint density at radius 3 is 1.66 bits per heavy atom. The molecule has 0 amide bonds. The predicted octanol–water partition coefficient (Wildman–Crippen LogP) is 9.38. The molecule has 0 rings (SSSR count). The van der Waals surface area contributed by atoms with Gasteiger partial charge in [0.25, 0.3) is 0 Å². The lowest BCUT2D eigenvalue weighted by Crippen LogP contribution is -2.29. The maximum absolute atomic E-state index is 12.5. The van der Waals surface area contributed by atoms with E-state index >= 15 is 0 Å². The number of rotatable bonds is 35. The first-order chi connectivity index (χ1) is 24.2. The summed E-state index contributed by atoms with van der Waals surface area (Å²) in [6.07, 6.45) is 35.1. The van der Waals surface area contributed by atoms with Gasteiger partial charge < -0.3 is 24.6 Å². The fourth-order valence-corrected chi connectivity index (χ4v) is 5.60. The Balaban J connectivity index is 4.44. The van der Waals surface area contributed by atoms with Gasteiger partial charge >= 0.3 is 19.8 Å². The molecule has 0 aliphatic heterocycles. The van der Waals surface area contributed by atoms with E-state index in [1.807, 2.05) is 0 Å². The molecule has 1 unspecified atom stereocenters. The van der Waals surface area contributed by atoms with Crippen LogP contribution in [0.25, 0.3) is 0 Å². The summed E-state index contributed by atoms with van der Waals surface area (Å²) < 4.78 is 32.5. The second-order valence-corrected chi connectivity index (χ2v) is 14.0. The number of unbranched alkanes of at least 4 members (excludes halogenated alkanes) is 13. The lowest BCUT2D eigenvalue weighted by Gasteiger charge is -2.20. The van der Waals surface area contributed by atoms with Gasteiger partial charge in [0.2, 0.25) is 0 Å². The van der Waals surface area contributed by atoms with E-state index in [2.05, 4.69) is 67.0 Å². The number of allylic oxidation sites excluding steroid dienone is 8. The summed E-state index contributed by atoms with van der Waals surface area (Å²) in [7, 11) is -4.62. The van der Waals surface area contributed by atoms with Gasteiger partial charge in [0, 0.05) is 12.8 Å². The van der Waals surface area contributed by atoms with Gasteiger partial charge in [0.15, 0.2) is 6.10 Å². The first-order valence-electron chi connectivity index (χ1n) is 19.1. The van der Waals surface area contributed by atoms with Crippen molar-refractivity contribution < 1.29 is 47.8 Å². The first-order valence-corrected chi connectivity index (χ1v) is 20.6. The highest BCUT2D eigenvalue weighted by Gasteiger charge is 2.27. The third-order valence-electron chi connectivity index (χ3n) is 7.75. The summed E-state index contributed by atoms with van der Waals surface area (Å²) in [6, 6.07) is 0. The van der Waals surface area contributed by atoms with E-state index in [-0.39, 0.29) is 19.4 Å². The van der Waals surface area contributed by atoms with E-state index in [0.29, 0.717) is 12.8 Å². The molecular formula is C39H69O10P. The van der Waals surface area contributed by atoms with Gasteiger partial charge in [-0.3, -0.25) is 18.6 Å². The zero-order valence-corrected chi connectivity index (χ0v) is 32.0. The van der Waals surface area contributed by atoms with Crippen LogP contribution in [-0.4, -0.2) is 65.7 Å². The average molecular weight is 729 g/mol. The monoisotopic (exact) mass is 728 g/mol. The number of hydrogen-bond donors (Lipinski definition) is 3. The lowest BCUT2D eigenvalue weighted by atomic mass is 10.0. The molecule has 3 atom stereocenters. The van der Waals surface area contributed by atoms with Gasteiger partial charge in [-0.25, -0.2) is 4.57 Å². The number of esters is 2. The topological polar surface area (TPSA) is 149 Å². The van der Waals surface area contributed by atoms with Crippen molar-refractivity contribution >= 4 is 19.8 Å². The summed E-state index contributed by atoms with van der Waals surface area (Å²) in [5, 5.41) is 18.3. The number of aliphatic hydroxyl groups is 2. The van der Waals surface area contributed by atoms with Crippen molar-refractivity contribution in [2.24, 2.45) is 0 Å². The third-order valence-corrected chi connectivity index (χ3v) is 8.70. The van der Waals surface area contributed by atoms with Crippen LogP contribution >= 0.6 is 7.82 Å². The van der Waals surface area contributed by atoms with E-state index in [4.69, 9.17) is 19.1 Å². The van der Waals surface area contributed by atoms with E-state index in [1.165, 1.54) is 51.4 Å². The highest BCUT2D eigenvalue weighted by Crippen LogP contribution is 2.43. The van der Waals surface area contributed by atoms with Crippen LogP contribution in [-0.2, 0) is 32.7 Å². The summed E-state index contributed by atoms with van der Waals surface area (Å²) >= 11 is 0. The first kappa shape index (κ1) is 47.9. The van der Waals surface area contributed by atoms with E-state index in [0.717, 1.165) is 57.8 Å². The van der Waals surface area contributed by atoms with Gasteiger partial charge in [0.1, 0.15) is 12.7 Å². The van der Waals surface area contributed by atoms with Crippen molar-refractivity contribution in [3.05, 3.63) is 48.6 Å². The Hall–Kier alpha value is -2.07. The number of hydrogen-bond acceptors (Lipinski definition) is 9. The Labute approximate surface area is 303 Å². The van der Waals surface area contributed by atoms with Crippen molar-refractivity contribution in [3.8, 4) is 0 Å². The molecule has 0 aliphatic rings. The lowest BCUT2D eigenvalue weighted by molar-refractivity contribution is -0.161. The van der Waals surface area contributed by atoms with Gasteiger partial charge in [0.05, 0.1) is 19.8 Å². The summed E-state index contributed by atoms with van der Waals surface area (Å²) in [6.45, 7) is 2.19. The number of aliphatic hydroxyl groups excluding tert-OH is 2. The van der Waals surface area contributed by atoms with Crippen molar-refractivity contribution in [1.82, 2.24) is 0 Å². The SMILES string of the molecule is CC/C=C/C/C=C/C/C=C/C/C=C/CCCCC(=O)OC[C@H](COP(=O)(O)OC[C@@H](O)CO)OC(=O)CCCCCCCCCCCCCC. The van der Waals surface area contributed by atoms with Crippen LogP contribution in [0.4, 0.5) is 0 Å². The normalized spacial score (nSPS) is 14.6. The third kappa shape index (κ3) is 34.4. The standard InChI is InChI=1S/C39H69O10P/c1-3-5-7-9-11-13-15-17-18-19-21-22-24-26-28-30-38(42)46-34-37(35-48-50(44,45)47-33-36(41)32-40)49-39(43)31-29-27-25-23-20-16-14-12-10-8-6-4-2/h5,7,11,13,17-18,21-22,36-37,40-41H,3-4,6,8-10,12,14-16,19-20,23-35H2,1-2H3,(H,44,45)/b7-5+,13-11+,18-17+,22-21+/t36-,37+/m0/s1. The Bertz CT molecular complexity index is 978. The largest absolute Gasteiger partial charge is 0.472 e. The highest BCUT2D eigenvalue weighted by molar-refractivity contribution is 7.47. The molecule has 0 aromatic carbocycles. The molecule has 0 radical (unpaired) electrons. The number of carbonyl (C=O) groups is 2. The molecule has 0 aromatic rings. The van der Waals surface area contributed by atoms with Crippen molar-refractivity contribution in [2.45, 2.75) is 161 Å². The number of phosphoric acid groups is 1. The molecule has 0 saturated heterocycles. The van der Waals surface area contributed by atoms with E-state index in [9.17, 15) is 24.2 Å². The second kappa shape index (κ2) is 35.3. The van der Waals surface area contributed by atoms with Gasteiger partial charge in [-0.15, -0.1) is 0 Å². The summed E-state index contributed by atoms with van der Waals surface area (Å²) in [5.41, 5.74) is 0. The predicted molar refractivity (Wildman–Crippen MR) is 201 cm³/mol. The highest BCUT2D eigenvalue weighted by atomic mass is 31.2. The van der Waals surface area contributed by atoms with E-state index < -0.39 is 51.8 Å². The molecule has 0 bridgehead atoms. The quantitative estimate of drug-likeness (QED) is 0.0249. The minimum Gasteiger partial charge on any atom is -0.462 e. The van der Waals surface area contributed by atoms with Crippen LogP contribution in [0.2, 0.25) is 0 Å². The zero-order valence-electron chi connectivity index (χ0n) is 31.1. The number of ether oxygens (including phenoxy) is 2. The Morgan fingerprint density at radius 1 is 0.620 bits per heavy atom. The summed E-state index contributed by atoms with van der Waals surface area (Å²) in [4.78, 5) is 34.8. The molecule has 290 valence electrons. The molecule has 50 heavy (non-hydrogen) atoms. The van der Waals surface area contributed by atoms with Crippen molar-refractivity contribution in [1.29, 1.82) is 0 Å². The minimum atomic E-state index is -4.62. The molecule has 0 heterocycles. The molecular weight excluding hydrogens is 659 g/mol. The van der Waals surface area contributed by atoms with Crippen LogP contribution in [0.5, 0.6) is 0 Å². The van der Waals surface area contributed by atoms with Crippen molar-refractivity contribution in [3.63, 3.8) is 0 Å². The molecule has 0 spiro atoms. The van der Waals surface area contributed by atoms with Gasteiger partial charge in [-0.05, 0) is 51.4 Å². The average Bonchev–Trinajstić information content (AvgIpc) is 3.10. The van der Waals surface area contributed by atoms with Crippen molar-refractivity contribution in [2.75, 3.05) is 26.4 Å².